The standard InChI is InChI=1S/C12H24N2O3S/c1-10-5-11(2)7-14(6-10)18(16,17)13-8-12(9-15)3-4-12/h10-11,13,15H,3-9H2,1-2H3. The maximum atomic E-state index is 12.2. The minimum Gasteiger partial charge on any atom is -0.396 e. The van der Waals surface area contributed by atoms with Crippen LogP contribution in [0.2, 0.25) is 0 Å². The van der Waals surface area contributed by atoms with Crippen molar-refractivity contribution in [1.29, 1.82) is 0 Å². The molecule has 18 heavy (non-hydrogen) atoms. The average Bonchev–Trinajstić information content (AvgIpc) is 3.06. The summed E-state index contributed by atoms with van der Waals surface area (Å²) < 4.78 is 28.6. The van der Waals surface area contributed by atoms with Crippen molar-refractivity contribution in [3.8, 4) is 0 Å². The zero-order valence-corrected chi connectivity index (χ0v) is 12.0. The van der Waals surface area contributed by atoms with Gasteiger partial charge < -0.3 is 5.11 Å². The van der Waals surface area contributed by atoms with Crippen LogP contribution in [-0.4, -0.2) is 44.1 Å². The van der Waals surface area contributed by atoms with Gasteiger partial charge >= 0.3 is 0 Å². The molecular formula is C12H24N2O3S. The molecule has 1 saturated carbocycles. The van der Waals surface area contributed by atoms with Crippen molar-refractivity contribution in [2.45, 2.75) is 33.1 Å². The Bertz CT molecular complexity index is 382. The van der Waals surface area contributed by atoms with E-state index in [-0.39, 0.29) is 12.0 Å². The van der Waals surface area contributed by atoms with Crippen LogP contribution < -0.4 is 4.72 Å². The van der Waals surface area contributed by atoms with E-state index in [9.17, 15) is 13.5 Å². The van der Waals surface area contributed by atoms with E-state index in [1.165, 1.54) is 0 Å². The molecule has 2 N–H and O–H groups in total. The predicted octanol–water partition coefficient (Wildman–Crippen LogP) is 0.571. The summed E-state index contributed by atoms with van der Waals surface area (Å²) in [6.45, 7) is 5.83. The number of aliphatic hydroxyl groups is 1. The molecule has 6 heteroatoms. The van der Waals surface area contributed by atoms with Crippen LogP contribution in [0, 0.1) is 17.3 Å². The first-order valence-electron chi connectivity index (χ1n) is 6.72. The van der Waals surface area contributed by atoms with Crippen LogP contribution in [0.4, 0.5) is 0 Å². The van der Waals surface area contributed by atoms with Gasteiger partial charge in [0.25, 0.3) is 10.2 Å². The highest BCUT2D eigenvalue weighted by molar-refractivity contribution is 7.87. The number of hydrogen-bond donors (Lipinski definition) is 2. The van der Waals surface area contributed by atoms with Gasteiger partial charge in [-0.15, -0.1) is 0 Å². The Labute approximate surface area is 110 Å². The van der Waals surface area contributed by atoms with Crippen LogP contribution in [-0.2, 0) is 10.2 Å². The molecule has 0 bridgehead atoms. The van der Waals surface area contributed by atoms with E-state index in [1.807, 2.05) is 0 Å². The second kappa shape index (κ2) is 5.07. The highest BCUT2D eigenvalue weighted by Gasteiger charge is 2.43. The Kier molecular flexibility index (Phi) is 4.02. The third-order valence-electron chi connectivity index (χ3n) is 4.10. The van der Waals surface area contributed by atoms with Crippen LogP contribution in [0.1, 0.15) is 33.1 Å². The van der Waals surface area contributed by atoms with E-state index >= 15 is 0 Å². The Morgan fingerprint density at radius 3 is 2.28 bits per heavy atom. The van der Waals surface area contributed by atoms with Crippen LogP contribution >= 0.6 is 0 Å². The SMILES string of the molecule is CC1CC(C)CN(S(=O)(=O)NCC2(CO)CC2)C1. The van der Waals surface area contributed by atoms with Crippen molar-refractivity contribution in [3.63, 3.8) is 0 Å². The normalized spacial score (nSPS) is 32.4. The van der Waals surface area contributed by atoms with E-state index in [2.05, 4.69) is 18.6 Å². The van der Waals surface area contributed by atoms with Crippen molar-refractivity contribution in [3.05, 3.63) is 0 Å². The highest BCUT2D eigenvalue weighted by atomic mass is 32.2. The van der Waals surface area contributed by atoms with Gasteiger partial charge in [0, 0.05) is 31.7 Å². The summed E-state index contributed by atoms with van der Waals surface area (Å²) >= 11 is 0. The number of nitrogens with zero attached hydrogens (tertiary/aromatic N) is 1. The van der Waals surface area contributed by atoms with Crippen molar-refractivity contribution < 1.29 is 13.5 Å². The van der Waals surface area contributed by atoms with Crippen LogP contribution in [0.15, 0.2) is 0 Å². The molecule has 0 aromatic rings. The van der Waals surface area contributed by atoms with Crippen LogP contribution in [0.3, 0.4) is 0 Å². The zero-order chi connectivity index (χ0) is 13.4. The van der Waals surface area contributed by atoms with Gasteiger partial charge in [-0.1, -0.05) is 13.8 Å². The van der Waals surface area contributed by atoms with Crippen LogP contribution in [0.5, 0.6) is 0 Å². The summed E-state index contributed by atoms with van der Waals surface area (Å²) in [6.07, 6.45) is 2.92. The first-order chi connectivity index (χ1) is 8.37. The molecular weight excluding hydrogens is 252 g/mol. The second-order valence-corrected chi connectivity index (χ2v) is 8.00. The first-order valence-corrected chi connectivity index (χ1v) is 8.16. The minimum atomic E-state index is -3.38. The molecule has 2 rings (SSSR count). The molecule has 0 aromatic carbocycles. The molecule has 1 heterocycles. The number of nitrogens with one attached hydrogen (secondary N) is 1. The number of hydrogen-bond acceptors (Lipinski definition) is 3. The molecule has 0 spiro atoms. The van der Waals surface area contributed by atoms with Gasteiger partial charge in [-0.25, -0.2) is 4.72 Å². The van der Waals surface area contributed by atoms with Gasteiger partial charge in [0.15, 0.2) is 0 Å². The molecule has 2 aliphatic rings. The molecule has 2 fully saturated rings. The summed E-state index contributed by atoms with van der Waals surface area (Å²) in [5.74, 6) is 0.830. The van der Waals surface area contributed by atoms with Gasteiger partial charge in [-0.2, -0.15) is 12.7 Å². The molecule has 106 valence electrons. The lowest BCUT2D eigenvalue weighted by atomic mass is 9.94. The molecule has 5 nitrogen and oxygen atoms in total. The Hall–Kier alpha value is -0.170. The molecule has 1 aliphatic carbocycles. The molecule has 2 unspecified atom stereocenters. The van der Waals surface area contributed by atoms with Crippen molar-refractivity contribution in [2.24, 2.45) is 17.3 Å². The molecule has 2 atom stereocenters. The fraction of sp³-hybridized carbons (Fsp3) is 1.00. The monoisotopic (exact) mass is 276 g/mol. The first kappa shape index (κ1) is 14.2. The van der Waals surface area contributed by atoms with Crippen LogP contribution in [0.25, 0.3) is 0 Å². The summed E-state index contributed by atoms with van der Waals surface area (Å²) in [5, 5.41) is 9.20. The summed E-state index contributed by atoms with van der Waals surface area (Å²) in [4.78, 5) is 0. The third kappa shape index (κ3) is 3.23. The quantitative estimate of drug-likeness (QED) is 0.771. The molecule has 1 aliphatic heterocycles. The average molecular weight is 276 g/mol. The number of piperidine rings is 1. The van der Waals surface area contributed by atoms with Gasteiger partial charge in [0.1, 0.15) is 0 Å². The third-order valence-corrected chi connectivity index (χ3v) is 5.58. The summed E-state index contributed by atoms with van der Waals surface area (Å²) in [5.41, 5.74) is -0.180. The second-order valence-electron chi connectivity index (χ2n) is 6.25. The number of rotatable bonds is 5. The van der Waals surface area contributed by atoms with E-state index < -0.39 is 10.2 Å². The summed E-state index contributed by atoms with van der Waals surface area (Å²) in [6, 6.07) is 0. The fourth-order valence-corrected chi connectivity index (χ4v) is 4.28. The lowest BCUT2D eigenvalue weighted by molar-refractivity contribution is 0.206. The van der Waals surface area contributed by atoms with Gasteiger partial charge in [0.05, 0.1) is 0 Å². The fourth-order valence-electron chi connectivity index (χ4n) is 2.71. The molecule has 0 aromatic heterocycles. The smallest absolute Gasteiger partial charge is 0.279 e. The van der Waals surface area contributed by atoms with Crippen molar-refractivity contribution in [1.82, 2.24) is 9.03 Å². The lowest BCUT2D eigenvalue weighted by Crippen LogP contribution is -2.49. The Morgan fingerprint density at radius 2 is 1.83 bits per heavy atom. The van der Waals surface area contributed by atoms with Gasteiger partial charge in [-0.05, 0) is 31.1 Å². The maximum Gasteiger partial charge on any atom is 0.279 e. The zero-order valence-electron chi connectivity index (χ0n) is 11.2. The van der Waals surface area contributed by atoms with Crippen molar-refractivity contribution in [2.75, 3.05) is 26.2 Å². The molecule has 1 saturated heterocycles. The maximum absolute atomic E-state index is 12.2. The molecule has 0 amide bonds. The van der Waals surface area contributed by atoms with Crippen molar-refractivity contribution >= 4 is 10.2 Å². The lowest BCUT2D eigenvalue weighted by Gasteiger charge is -2.34. The topological polar surface area (TPSA) is 69.6 Å². The van der Waals surface area contributed by atoms with E-state index in [0.29, 0.717) is 31.5 Å². The predicted molar refractivity (Wildman–Crippen MR) is 70.2 cm³/mol. The van der Waals surface area contributed by atoms with Gasteiger partial charge in [0.2, 0.25) is 0 Å². The van der Waals surface area contributed by atoms with E-state index in [0.717, 1.165) is 19.3 Å². The van der Waals surface area contributed by atoms with E-state index in [1.54, 1.807) is 4.31 Å². The van der Waals surface area contributed by atoms with Gasteiger partial charge in [-0.3, -0.25) is 0 Å². The Balaban J connectivity index is 1.93. The summed E-state index contributed by atoms with van der Waals surface area (Å²) in [7, 11) is -3.38. The number of aliphatic hydroxyl groups excluding tert-OH is 1. The highest BCUT2D eigenvalue weighted by Crippen LogP contribution is 2.44. The Morgan fingerprint density at radius 1 is 1.28 bits per heavy atom. The minimum absolute atomic E-state index is 0.0718. The molecule has 0 radical (unpaired) electrons. The largest absolute Gasteiger partial charge is 0.396 e. The van der Waals surface area contributed by atoms with E-state index in [4.69, 9.17) is 0 Å².